The highest BCUT2D eigenvalue weighted by molar-refractivity contribution is 6.30. The lowest BCUT2D eigenvalue weighted by Gasteiger charge is -2.43. The van der Waals surface area contributed by atoms with E-state index in [-0.39, 0.29) is 36.1 Å². The van der Waals surface area contributed by atoms with Gasteiger partial charge in [0.25, 0.3) is 5.56 Å². The minimum atomic E-state index is -0.965. The summed E-state index contributed by atoms with van der Waals surface area (Å²) in [6.07, 6.45) is 0.782. The van der Waals surface area contributed by atoms with Gasteiger partial charge in [-0.25, -0.2) is 0 Å². The van der Waals surface area contributed by atoms with E-state index in [0.29, 0.717) is 24.7 Å². The number of rotatable bonds is 4. The lowest BCUT2D eigenvalue weighted by Crippen LogP contribution is -2.49. The molecule has 1 amide bonds. The summed E-state index contributed by atoms with van der Waals surface area (Å²) in [4.78, 5) is 37.6. The van der Waals surface area contributed by atoms with Crippen molar-refractivity contribution >= 4 is 23.5 Å². The zero-order valence-corrected chi connectivity index (χ0v) is 16.1. The van der Waals surface area contributed by atoms with Crippen molar-refractivity contribution in [3.63, 3.8) is 0 Å². The summed E-state index contributed by atoms with van der Waals surface area (Å²) in [5.41, 5.74) is 2.91. The SMILES string of the molecule is O=C(O)CCC(=O)N1C[C@@H]2C[C@@H](C1)c1c(-c3ccc(Cl)cc3)ccc(=O)n1C2. The number of likely N-dealkylation sites (tertiary alicyclic amines) is 1. The van der Waals surface area contributed by atoms with E-state index in [4.69, 9.17) is 16.7 Å². The number of amides is 1. The van der Waals surface area contributed by atoms with Crippen LogP contribution in [0, 0.1) is 5.92 Å². The number of aromatic nitrogens is 1. The molecule has 3 heterocycles. The first-order chi connectivity index (χ1) is 13.4. The normalized spacial score (nSPS) is 20.5. The molecule has 7 heteroatoms. The highest BCUT2D eigenvalue weighted by Crippen LogP contribution is 2.40. The van der Waals surface area contributed by atoms with Gasteiger partial charge in [-0.05, 0) is 36.1 Å². The van der Waals surface area contributed by atoms with Crippen LogP contribution in [0.15, 0.2) is 41.2 Å². The van der Waals surface area contributed by atoms with Crippen LogP contribution < -0.4 is 5.56 Å². The average Bonchev–Trinajstić information content (AvgIpc) is 2.67. The fraction of sp³-hybridized carbons (Fsp3) is 0.381. The van der Waals surface area contributed by atoms with E-state index in [0.717, 1.165) is 23.2 Å². The second-order valence-corrected chi connectivity index (χ2v) is 8.02. The van der Waals surface area contributed by atoms with Crippen LogP contribution in [-0.4, -0.2) is 39.5 Å². The fourth-order valence-electron chi connectivity index (χ4n) is 4.46. The third-order valence-corrected chi connectivity index (χ3v) is 5.90. The Morgan fingerprint density at radius 3 is 2.50 bits per heavy atom. The number of piperidine rings is 1. The van der Waals surface area contributed by atoms with E-state index < -0.39 is 5.97 Å². The lowest BCUT2D eigenvalue weighted by molar-refractivity contribution is -0.141. The van der Waals surface area contributed by atoms with Gasteiger partial charge in [-0.1, -0.05) is 23.7 Å². The topological polar surface area (TPSA) is 79.6 Å². The van der Waals surface area contributed by atoms with E-state index in [9.17, 15) is 14.4 Å². The Bertz CT molecular complexity index is 983. The highest BCUT2D eigenvalue weighted by Gasteiger charge is 2.37. The fourth-order valence-corrected chi connectivity index (χ4v) is 4.59. The Labute approximate surface area is 167 Å². The summed E-state index contributed by atoms with van der Waals surface area (Å²) in [5, 5.41) is 9.50. The number of halogens is 1. The zero-order valence-electron chi connectivity index (χ0n) is 15.3. The van der Waals surface area contributed by atoms with Crippen LogP contribution in [0.2, 0.25) is 5.02 Å². The molecule has 1 aromatic heterocycles. The summed E-state index contributed by atoms with van der Waals surface area (Å²) < 4.78 is 1.85. The van der Waals surface area contributed by atoms with Crippen molar-refractivity contribution in [2.24, 2.45) is 5.92 Å². The predicted octanol–water partition coefficient (Wildman–Crippen LogP) is 2.98. The Balaban J connectivity index is 1.68. The van der Waals surface area contributed by atoms with Gasteiger partial charge in [-0.15, -0.1) is 0 Å². The lowest BCUT2D eigenvalue weighted by atomic mass is 9.80. The van der Waals surface area contributed by atoms with Crippen LogP contribution in [-0.2, 0) is 16.1 Å². The third kappa shape index (κ3) is 3.56. The molecule has 0 spiro atoms. The minimum Gasteiger partial charge on any atom is -0.481 e. The van der Waals surface area contributed by atoms with Gasteiger partial charge in [0, 0.05) is 54.3 Å². The van der Waals surface area contributed by atoms with E-state index in [2.05, 4.69) is 0 Å². The van der Waals surface area contributed by atoms with Crippen LogP contribution in [0.5, 0.6) is 0 Å². The molecular weight excluding hydrogens is 380 g/mol. The van der Waals surface area contributed by atoms with Gasteiger partial charge in [0.05, 0.1) is 6.42 Å². The molecule has 2 aliphatic heterocycles. The van der Waals surface area contributed by atoms with Crippen molar-refractivity contribution < 1.29 is 14.7 Å². The quantitative estimate of drug-likeness (QED) is 0.855. The summed E-state index contributed by atoms with van der Waals surface area (Å²) >= 11 is 6.02. The first-order valence-corrected chi connectivity index (χ1v) is 9.79. The molecule has 6 nitrogen and oxygen atoms in total. The number of benzene rings is 1. The average molecular weight is 401 g/mol. The van der Waals surface area contributed by atoms with Crippen molar-refractivity contribution in [3.8, 4) is 11.1 Å². The summed E-state index contributed by atoms with van der Waals surface area (Å²) in [5.74, 6) is -0.830. The van der Waals surface area contributed by atoms with Crippen molar-refractivity contribution in [1.82, 2.24) is 9.47 Å². The molecule has 0 saturated carbocycles. The molecule has 2 aromatic rings. The molecule has 0 radical (unpaired) electrons. The molecule has 0 unspecified atom stereocenters. The molecule has 1 N–H and O–H groups in total. The number of carbonyl (C=O) groups excluding carboxylic acids is 1. The first kappa shape index (κ1) is 18.7. The molecular formula is C21H21ClN2O4. The van der Waals surface area contributed by atoms with Crippen molar-refractivity contribution in [3.05, 3.63) is 57.5 Å². The minimum absolute atomic E-state index is 0.0143. The smallest absolute Gasteiger partial charge is 0.303 e. The molecule has 28 heavy (non-hydrogen) atoms. The van der Waals surface area contributed by atoms with Gasteiger partial charge >= 0.3 is 5.97 Å². The van der Waals surface area contributed by atoms with Crippen molar-refractivity contribution in [1.29, 1.82) is 0 Å². The number of carboxylic acid groups (broad SMARTS) is 1. The second kappa shape index (κ2) is 7.43. The van der Waals surface area contributed by atoms with E-state index in [1.807, 2.05) is 34.9 Å². The van der Waals surface area contributed by atoms with Gasteiger partial charge in [-0.3, -0.25) is 14.4 Å². The number of hydrogen-bond acceptors (Lipinski definition) is 3. The Hall–Kier alpha value is -2.60. The molecule has 2 aliphatic rings. The van der Waals surface area contributed by atoms with Gasteiger partial charge in [0.2, 0.25) is 5.91 Å². The van der Waals surface area contributed by atoms with E-state index in [1.54, 1.807) is 11.0 Å². The van der Waals surface area contributed by atoms with Crippen molar-refractivity contribution in [2.45, 2.75) is 31.7 Å². The van der Waals surface area contributed by atoms with Gasteiger partial charge in [0.1, 0.15) is 0 Å². The predicted molar refractivity (Wildman–Crippen MR) is 105 cm³/mol. The van der Waals surface area contributed by atoms with Gasteiger partial charge in [-0.2, -0.15) is 0 Å². The van der Waals surface area contributed by atoms with Crippen LogP contribution in [0.3, 0.4) is 0 Å². The maximum absolute atomic E-state index is 12.5. The molecule has 1 fully saturated rings. The van der Waals surface area contributed by atoms with Crippen LogP contribution >= 0.6 is 11.6 Å². The van der Waals surface area contributed by atoms with Gasteiger partial charge < -0.3 is 14.6 Å². The number of nitrogens with zero attached hydrogens (tertiary/aromatic N) is 2. The molecule has 4 rings (SSSR count). The number of pyridine rings is 1. The van der Waals surface area contributed by atoms with Gasteiger partial charge in [0.15, 0.2) is 0 Å². The second-order valence-electron chi connectivity index (χ2n) is 7.58. The largest absolute Gasteiger partial charge is 0.481 e. The molecule has 1 aromatic carbocycles. The van der Waals surface area contributed by atoms with E-state index in [1.165, 1.54) is 0 Å². The molecule has 1 saturated heterocycles. The maximum Gasteiger partial charge on any atom is 0.303 e. The number of aliphatic carboxylic acids is 1. The maximum atomic E-state index is 12.5. The summed E-state index contributed by atoms with van der Waals surface area (Å²) in [7, 11) is 0. The summed E-state index contributed by atoms with van der Waals surface area (Å²) in [6, 6.07) is 11.0. The Kier molecular flexibility index (Phi) is 4.98. The number of fused-ring (bicyclic) bond motifs is 4. The zero-order chi connectivity index (χ0) is 19.8. The summed E-state index contributed by atoms with van der Waals surface area (Å²) in [6.45, 7) is 1.67. The van der Waals surface area contributed by atoms with Crippen LogP contribution in [0.1, 0.15) is 30.9 Å². The molecule has 2 atom stereocenters. The molecule has 0 aliphatic carbocycles. The molecule has 146 valence electrons. The first-order valence-electron chi connectivity index (χ1n) is 9.41. The van der Waals surface area contributed by atoms with Crippen LogP contribution in [0.25, 0.3) is 11.1 Å². The Morgan fingerprint density at radius 2 is 1.79 bits per heavy atom. The monoisotopic (exact) mass is 400 g/mol. The number of hydrogen-bond donors (Lipinski definition) is 1. The van der Waals surface area contributed by atoms with Crippen LogP contribution in [0.4, 0.5) is 0 Å². The molecule has 2 bridgehead atoms. The number of carboxylic acids is 1. The number of carbonyl (C=O) groups is 2. The van der Waals surface area contributed by atoms with E-state index >= 15 is 0 Å². The van der Waals surface area contributed by atoms with Crippen molar-refractivity contribution in [2.75, 3.05) is 13.1 Å². The Morgan fingerprint density at radius 1 is 1.04 bits per heavy atom. The third-order valence-electron chi connectivity index (χ3n) is 5.65. The standard InChI is InChI=1S/C21H21ClN2O4/c22-16-3-1-14(2-4-16)17-5-6-19(26)24-11-13-9-15(21(17)24)12-23(10-13)18(25)7-8-20(27)28/h1-6,13,15H,7-12H2,(H,27,28)/t13-,15-/m0/s1. The highest BCUT2D eigenvalue weighted by atomic mass is 35.5.